The lowest BCUT2D eigenvalue weighted by atomic mass is 10.2. The second-order valence-corrected chi connectivity index (χ2v) is 7.24. The monoisotopic (exact) mass is 374 g/mol. The van der Waals surface area contributed by atoms with Gasteiger partial charge in [0.1, 0.15) is 11.0 Å². The quantitative estimate of drug-likeness (QED) is 0.741. The fraction of sp³-hybridized carbons (Fsp3) is 0.357. The second kappa shape index (κ2) is 8.39. The number of aliphatic carboxylic acids is 1. The Balaban J connectivity index is 1.95. The summed E-state index contributed by atoms with van der Waals surface area (Å²) in [6, 6.07) is 2.71. The number of methoxy groups -OCH3 is 1. The lowest BCUT2D eigenvalue weighted by Crippen LogP contribution is -2.42. The zero-order valence-electron chi connectivity index (χ0n) is 12.2. The van der Waals surface area contributed by atoms with E-state index < -0.39 is 12.0 Å². The smallest absolute Gasteiger partial charge is 0.326 e. The fourth-order valence-corrected chi connectivity index (χ4v) is 3.77. The van der Waals surface area contributed by atoms with Crippen LogP contribution in [0, 0.1) is 0 Å². The maximum absolute atomic E-state index is 12.0. The Morgan fingerprint density at radius 2 is 2.26 bits per heavy atom. The first-order valence-electron chi connectivity index (χ1n) is 6.71. The number of aromatic nitrogens is 1. The standard InChI is InChI=1S/C14H15ClN2O4S2/c1-21-5-4-9(14(19)20)17-12(18)6-8-7-22-13(16-8)10-2-3-11(15)23-10/h2-3,7,9H,4-6H2,1H3,(H,17,18)(H,19,20). The van der Waals surface area contributed by atoms with Crippen LogP contribution in [0.1, 0.15) is 12.1 Å². The van der Waals surface area contributed by atoms with Gasteiger partial charge in [-0.15, -0.1) is 22.7 Å². The van der Waals surface area contributed by atoms with Crippen molar-refractivity contribution in [2.75, 3.05) is 13.7 Å². The molecule has 0 spiro atoms. The van der Waals surface area contributed by atoms with Gasteiger partial charge in [0.2, 0.25) is 5.91 Å². The number of halogens is 1. The van der Waals surface area contributed by atoms with Crippen molar-refractivity contribution in [2.45, 2.75) is 18.9 Å². The lowest BCUT2D eigenvalue weighted by molar-refractivity contribution is -0.142. The summed E-state index contributed by atoms with van der Waals surface area (Å²) in [5.74, 6) is -1.46. The molecular weight excluding hydrogens is 360 g/mol. The summed E-state index contributed by atoms with van der Waals surface area (Å²) in [5.41, 5.74) is 0.600. The van der Waals surface area contributed by atoms with Gasteiger partial charge >= 0.3 is 5.97 Å². The highest BCUT2D eigenvalue weighted by molar-refractivity contribution is 7.23. The number of carboxylic acids is 1. The molecule has 0 saturated carbocycles. The van der Waals surface area contributed by atoms with Gasteiger partial charge < -0.3 is 15.2 Å². The molecule has 2 aromatic rings. The van der Waals surface area contributed by atoms with Crippen LogP contribution >= 0.6 is 34.3 Å². The van der Waals surface area contributed by atoms with E-state index in [-0.39, 0.29) is 25.4 Å². The van der Waals surface area contributed by atoms with Crippen molar-refractivity contribution in [3.63, 3.8) is 0 Å². The summed E-state index contributed by atoms with van der Waals surface area (Å²) in [6.45, 7) is 0.261. The molecule has 0 bridgehead atoms. The molecule has 1 amide bonds. The first-order chi connectivity index (χ1) is 11.0. The SMILES string of the molecule is COCCC(NC(=O)Cc1csc(-c2ccc(Cl)s2)n1)C(=O)O. The molecule has 2 aromatic heterocycles. The number of carbonyl (C=O) groups is 2. The largest absolute Gasteiger partial charge is 0.480 e. The summed E-state index contributed by atoms with van der Waals surface area (Å²) in [5, 5.41) is 14.1. The van der Waals surface area contributed by atoms with Crippen molar-refractivity contribution >= 4 is 46.2 Å². The van der Waals surface area contributed by atoms with Crippen molar-refractivity contribution in [1.82, 2.24) is 10.3 Å². The number of thiophene rings is 1. The molecule has 0 saturated heterocycles. The highest BCUT2D eigenvalue weighted by Crippen LogP contribution is 2.32. The number of hydrogen-bond donors (Lipinski definition) is 2. The molecule has 0 aliphatic heterocycles. The minimum Gasteiger partial charge on any atom is -0.480 e. The van der Waals surface area contributed by atoms with Gasteiger partial charge in [-0.05, 0) is 12.1 Å². The van der Waals surface area contributed by atoms with E-state index in [1.807, 2.05) is 6.07 Å². The van der Waals surface area contributed by atoms with Crippen LogP contribution in [0.2, 0.25) is 4.34 Å². The Labute approximate surface area is 146 Å². The van der Waals surface area contributed by atoms with E-state index in [1.54, 1.807) is 11.4 Å². The molecule has 0 aliphatic rings. The third-order valence-corrected chi connectivity index (χ3v) is 5.21. The average Bonchev–Trinajstić information content (AvgIpc) is 3.12. The molecule has 0 radical (unpaired) electrons. The zero-order valence-corrected chi connectivity index (χ0v) is 14.6. The minimum atomic E-state index is -1.08. The number of amides is 1. The van der Waals surface area contributed by atoms with Crippen molar-refractivity contribution in [3.05, 3.63) is 27.5 Å². The van der Waals surface area contributed by atoms with Gasteiger partial charge in [0, 0.05) is 25.5 Å². The van der Waals surface area contributed by atoms with Crippen molar-refractivity contribution in [2.24, 2.45) is 0 Å². The summed E-state index contributed by atoms with van der Waals surface area (Å²) >= 11 is 8.73. The third-order valence-electron chi connectivity index (χ3n) is 2.92. The first kappa shape index (κ1) is 17.9. The number of rotatable bonds is 8. The van der Waals surface area contributed by atoms with Crippen molar-refractivity contribution < 1.29 is 19.4 Å². The van der Waals surface area contributed by atoms with E-state index in [0.717, 1.165) is 9.88 Å². The molecule has 2 rings (SSSR count). The summed E-state index contributed by atoms with van der Waals surface area (Å²) in [4.78, 5) is 28.4. The van der Waals surface area contributed by atoms with E-state index >= 15 is 0 Å². The molecule has 1 atom stereocenters. The Hall–Kier alpha value is -1.48. The Morgan fingerprint density at radius 1 is 1.48 bits per heavy atom. The van der Waals surface area contributed by atoms with Crippen LogP contribution in [-0.4, -0.2) is 41.7 Å². The van der Waals surface area contributed by atoms with Gasteiger partial charge in [0.05, 0.1) is 21.3 Å². The van der Waals surface area contributed by atoms with Gasteiger partial charge in [0.15, 0.2) is 0 Å². The molecule has 23 heavy (non-hydrogen) atoms. The number of carbonyl (C=O) groups excluding carboxylic acids is 1. The summed E-state index contributed by atoms with van der Waals surface area (Å²) in [7, 11) is 1.48. The molecule has 0 fully saturated rings. The number of nitrogens with one attached hydrogen (secondary N) is 1. The van der Waals surface area contributed by atoms with Crippen molar-refractivity contribution in [1.29, 1.82) is 0 Å². The van der Waals surface area contributed by atoms with Crippen LogP contribution in [0.5, 0.6) is 0 Å². The number of hydrogen-bond acceptors (Lipinski definition) is 6. The number of nitrogens with zero attached hydrogens (tertiary/aromatic N) is 1. The normalized spacial score (nSPS) is 12.1. The summed E-state index contributed by atoms with van der Waals surface area (Å²) < 4.78 is 5.52. The number of thiazole rings is 1. The summed E-state index contributed by atoms with van der Waals surface area (Å²) in [6.07, 6.45) is 0.250. The van der Waals surface area contributed by atoms with Crippen LogP contribution < -0.4 is 5.32 Å². The molecule has 9 heteroatoms. The molecule has 0 aliphatic carbocycles. The average molecular weight is 375 g/mol. The van der Waals surface area contributed by atoms with E-state index in [1.165, 1.54) is 29.8 Å². The Morgan fingerprint density at radius 3 is 2.87 bits per heavy atom. The first-order valence-corrected chi connectivity index (χ1v) is 8.78. The van der Waals surface area contributed by atoms with Gasteiger partial charge in [-0.2, -0.15) is 0 Å². The zero-order chi connectivity index (χ0) is 16.8. The molecule has 0 aromatic carbocycles. The van der Waals surface area contributed by atoms with Gasteiger partial charge in [-0.3, -0.25) is 4.79 Å². The van der Waals surface area contributed by atoms with Gasteiger partial charge in [0.25, 0.3) is 0 Å². The minimum absolute atomic E-state index is 0.0341. The predicted octanol–water partition coefficient (Wildman–Crippen LogP) is 2.67. The highest BCUT2D eigenvalue weighted by Gasteiger charge is 2.20. The van der Waals surface area contributed by atoms with E-state index in [9.17, 15) is 9.59 Å². The molecule has 2 heterocycles. The maximum atomic E-state index is 12.0. The molecule has 6 nitrogen and oxygen atoms in total. The van der Waals surface area contributed by atoms with Crippen LogP contribution in [0.4, 0.5) is 0 Å². The molecule has 124 valence electrons. The van der Waals surface area contributed by atoms with E-state index in [4.69, 9.17) is 21.4 Å². The highest BCUT2D eigenvalue weighted by atomic mass is 35.5. The molecule has 2 N–H and O–H groups in total. The van der Waals surface area contributed by atoms with Crippen LogP contribution in [0.25, 0.3) is 9.88 Å². The lowest BCUT2D eigenvalue weighted by Gasteiger charge is -2.13. The molecule has 1 unspecified atom stereocenters. The van der Waals surface area contributed by atoms with Gasteiger partial charge in [-0.25, -0.2) is 9.78 Å². The van der Waals surface area contributed by atoms with Crippen LogP contribution in [0.15, 0.2) is 17.5 Å². The number of ether oxygens (including phenoxy) is 1. The van der Waals surface area contributed by atoms with Crippen LogP contribution in [-0.2, 0) is 20.7 Å². The van der Waals surface area contributed by atoms with Crippen molar-refractivity contribution in [3.8, 4) is 9.88 Å². The maximum Gasteiger partial charge on any atom is 0.326 e. The van der Waals surface area contributed by atoms with E-state index in [2.05, 4.69) is 10.3 Å². The predicted molar refractivity (Wildman–Crippen MR) is 90.2 cm³/mol. The topological polar surface area (TPSA) is 88.5 Å². The second-order valence-electron chi connectivity index (χ2n) is 4.66. The third kappa shape index (κ3) is 5.28. The van der Waals surface area contributed by atoms with Crippen LogP contribution in [0.3, 0.4) is 0 Å². The Bertz CT molecular complexity index is 686. The van der Waals surface area contributed by atoms with Gasteiger partial charge in [-0.1, -0.05) is 11.6 Å². The molecular formula is C14H15ClN2O4S2. The number of carboxylic acid groups (broad SMARTS) is 1. The Kier molecular flexibility index (Phi) is 6.52. The van der Waals surface area contributed by atoms with E-state index in [0.29, 0.717) is 10.0 Å². The fourth-order valence-electron chi connectivity index (χ4n) is 1.83.